The van der Waals surface area contributed by atoms with E-state index in [1.54, 1.807) is 28.9 Å². The summed E-state index contributed by atoms with van der Waals surface area (Å²) in [6.45, 7) is 2.51. The topological polar surface area (TPSA) is 69.0 Å². The van der Waals surface area contributed by atoms with Gasteiger partial charge in [0.25, 0.3) is 5.91 Å². The quantitative estimate of drug-likeness (QED) is 0.355. The average molecular weight is 498 g/mol. The van der Waals surface area contributed by atoms with Crippen molar-refractivity contribution in [1.82, 2.24) is 14.8 Å². The molecule has 0 radical (unpaired) electrons. The van der Waals surface area contributed by atoms with E-state index in [1.807, 2.05) is 55.5 Å². The first-order valence-corrected chi connectivity index (χ1v) is 10.7. The van der Waals surface area contributed by atoms with Gasteiger partial charge in [-0.1, -0.05) is 27.5 Å². The van der Waals surface area contributed by atoms with Crippen LogP contribution in [0.1, 0.15) is 17.5 Å². The van der Waals surface area contributed by atoms with E-state index in [1.165, 1.54) is 0 Å². The number of anilines is 1. The molecule has 0 aliphatic heterocycles. The van der Waals surface area contributed by atoms with Crippen LogP contribution >= 0.6 is 27.5 Å². The number of aromatic nitrogens is 3. The molecule has 0 aliphatic carbocycles. The van der Waals surface area contributed by atoms with E-state index in [-0.39, 0.29) is 5.82 Å². The lowest BCUT2D eigenvalue weighted by Crippen LogP contribution is -2.14. The van der Waals surface area contributed by atoms with Crippen LogP contribution in [0.3, 0.4) is 0 Å². The van der Waals surface area contributed by atoms with Gasteiger partial charge in [0, 0.05) is 20.7 Å². The van der Waals surface area contributed by atoms with Gasteiger partial charge in [-0.05, 0) is 79.7 Å². The van der Waals surface area contributed by atoms with E-state index in [4.69, 9.17) is 16.3 Å². The number of rotatable bonds is 6. The molecule has 0 unspecified atom stereocenters. The van der Waals surface area contributed by atoms with Crippen molar-refractivity contribution in [2.75, 3.05) is 11.9 Å². The highest BCUT2D eigenvalue weighted by molar-refractivity contribution is 9.10. The number of hydrogen-bond donors (Lipinski definition) is 1. The van der Waals surface area contributed by atoms with Crippen LogP contribution in [0, 0.1) is 0 Å². The van der Waals surface area contributed by atoms with Crippen molar-refractivity contribution in [2.24, 2.45) is 0 Å². The van der Waals surface area contributed by atoms with Crippen molar-refractivity contribution in [3.05, 3.63) is 88.1 Å². The van der Waals surface area contributed by atoms with Crippen LogP contribution < -0.4 is 10.1 Å². The summed E-state index contributed by atoms with van der Waals surface area (Å²) in [6.07, 6.45) is 0. The SMILES string of the molecule is CCOc1ccc(-n2nc(C(=O)Nc3ccc(Br)cc3)nc2-c2ccc(Cl)cc2)cc1. The zero-order valence-corrected chi connectivity index (χ0v) is 18.9. The lowest BCUT2D eigenvalue weighted by Gasteiger charge is -2.08. The van der Waals surface area contributed by atoms with Gasteiger partial charge in [0.15, 0.2) is 5.82 Å². The Kier molecular flexibility index (Phi) is 6.34. The summed E-state index contributed by atoms with van der Waals surface area (Å²) in [7, 11) is 0. The molecule has 31 heavy (non-hydrogen) atoms. The van der Waals surface area contributed by atoms with Gasteiger partial charge in [0.2, 0.25) is 5.82 Å². The fourth-order valence-electron chi connectivity index (χ4n) is 2.94. The molecule has 3 aromatic carbocycles. The highest BCUT2D eigenvalue weighted by Gasteiger charge is 2.19. The van der Waals surface area contributed by atoms with E-state index in [2.05, 4.69) is 31.3 Å². The molecule has 1 heterocycles. The number of benzene rings is 3. The third kappa shape index (κ3) is 4.95. The molecule has 0 saturated carbocycles. The minimum Gasteiger partial charge on any atom is -0.494 e. The highest BCUT2D eigenvalue weighted by atomic mass is 79.9. The molecule has 0 atom stereocenters. The fourth-order valence-corrected chi connectivity index (χ4v) is 3.33. The minimum absolute atomic E-state index is 0.0572. The third-order valence-corrected chi connectivity index (χ3v) is 5.19. The van der Waals surface area contributed by atoms with Crippen LogP contribution in [0.5, 0.6) is 5.75 Å². The molecule has 0 saturated heterocycles. The number of carbonyl (C=O) groups is 1. The standard InChI is InChI=1S/C23H18BrClN4O2/c1-2-31-20-13-11-19(12-14-20)29-22(15-3-7-17(25)8-4-15)27-21(28-29)23(30)26-18-9-5-16(24)6-10-18/h3-14H,2H2,1H3,(H,26,30). The van der Waals surface area contributed by atoms with Crippen molar-refractivity contribution in [1.29, 1.82) is 0 Å². The Bertz CT molecular complexity index is 1190. The van der Waals surface area contributed by atoms with Gasteiger partial charge < -0.3 is 10.1 Å². The largest absolute Gasteiger partial charge is 0.494 e. The number of hydrogen-bond acceptors (Lipinski definition) is 4. The second-order valence-corrected chi connectivity index (χ2v) is 7.92. The molecule has 0 aliphatic rings. The Hall–Kier alpha value is -3.16. The Morgan fingerprint density at radius 1 is 1.03 bits per heavy atom. The first-order valence-electron chi connectivity index (χ1n) is 9.56. The fraction of sp³-hybridized carbons (Fsp3) is 0.0870. The van der Waals surface area contributed by atoms with Crippen LogP contribution in [0.2, 0.25) is 5.02 Å². The summed E-state index contributed by atoms with van der Waals surface area (Å²) in [6, 6.07) is 22.0. The predicted octanol–water partition coefficient (Wildman–Crippen LogP) is 6.00. The van der Waals surface area contributed by atoms with Crippen LogP contribution in [-0.4, -0.2) is 27.3 Å². The van der Waals surface area contributed by atoms with Crippen LogP contribution in [0.4, 0.5) is 5.69 Å². The smallest absolute Gasteiger partial charge is 0.295 e. The minimum atomic E-state index is -0.401. The number of ether oxygens (including phenoxy) is 1. The van der Waals surface area contributed by atoms with E-state index >= 15 is 0 Å². The average Bonchev–Trinajstić information content (AvgIpc) is 3.22. The number of nitrogens with zero attached hydrogens (tertiary/aromatic N) is 3. The zero-order chi connectivity index (χ0) is 21.8. The summed E-state index contributed by atoms with van der Waals surface area (Å²) in [5.41, 5.74) is 2.19. The van der Waals surface area contributed by atoms with Crippen LogP contribution in [0.15, 0.2) is 77.3 Å². The zero-order valence-electron chi connectivity index (χ0n) is 16.5. The maximum atomic E-state index is 12.8. The maximum Gasteiger partial charge on any atom is 0.295 e. The number of halogens is 2. The summed E-state index contributed by atoms with van der Waals surface area (Å²) in [4.78, 5) is 17.3. The molecule has 1 aromatic heterocycles. The lowest BCUT2D eigenvalue weighted by atomic mass is 10.2. The molecule has 4 aromatic rings. The van der Waals surface area contributed by atoms with Gasteiger partial charge >= 0.3 is 0 Å². The molecular formula is C23H18BrClN4O2. The van der Waals surface area contributed by atoms with Crippen molar-refractivity contribution >= 4 is 39.1 Å². The van der Waals surface area contributed by atoms with E-state index in [9.17, 15) is 4.79 Å². The van der Waals surface area contributed by atoms with E-state index in [0.717, 1.165) is 21.5 Å². The first-order chi connectivity index (χ1) is 15.0. The van der Waals surface area contributed by atoms with E-state index in [0.29, 0.717) is 23.1 Å². The third-order valence-electron chi connectivity index (χ3n) is 4.41. The molecular weight excluding hydrogens is 480 g/mol. The Balaban J connectivity index is 1.71. The number of carbonyl (C=O) groups excluding carboxylic acids is 1. The second-order valence-electron chi connectivity index (χ2n) is 6.57. The van der Waals surface area contributed by atoms with Crippen LogP contribution in [-0.2, 0) is 0 Å². The van der Waals surface area contributed by atoms with E-state index < -0.39 is 5.91 Å². The van der Waals surface area contributed by atoms with Gasteiger partial charge in [0.1, 0.15) is 5.75 Å². The molecule has 0 fully saturated rings. The number of nitrogens with one attached hydrogen (secondary N) is 1. The molecule has 4 rings (SSSR count). The van der Waals surface area contributed by atoms with Crippen molar-refractivity contribution in [3.63, 3.8) is 0 Å². The first kappa shape index (κ1) is 21.1. The van der Waals surface area contributed by atoms with Gasteiger partial charge in [-0.15, -0.1) is 5.10 Å². The molecule has 1 N–H and O–H groups in total. The van der Waals surface area contributed by atoms with Gasteiger partial charge in [-0.3, -0.25) is 4.79 Å². The molecule has 6 nitrogen and oxygen atoms in total. The van der Waals surface area contributed by atoms with Gasteiger partial charge in [-0.25, -0.2) is 9.67 Å². The molecule has 0 spiro atoms. The monoisotopic (exact) mass is 496 g/mol. The summed E-state index contributed by atoms with van der Waals surface area (Å²) < 4.78 is 8.07. The summed E-state index contributed by atoms with van der Waals surface area (Å²) in [5.74, 6) is 0.943. The van der Waals surface area contributed by atoms with Crippen LogP contribution in [0.25, 0.3) is 17.1 Å². The van der Waals surface area contributed by atoms with Crippen molar-refractivity contribution < 1.29 is 9.53 Å². The van der Waals surface area contributed by atoms with Gasteiger partial charge in [0.05, 0.1) is 12.3 Å². The highest BCUT2D eigenvalue weighted by Crippen LogP contribution is 2.25. The normalized spacial score (nSPS) is 10.7. The van der Waals surface area contributed by atoms with Gasteiger partial charge in [-0.2, -0.15) is 0 Å². The molecule has 8 heteroatoms. The maximum absolute atomic E-state index is 12.8. The van der Waals surface area contributed by atoms with Crippen molar-refractivity contribution in [3.8, 4) is 22.8 Å². The predicted molar refractivity (Wildman–Crippen MR) is 125 cm³/mol. The summed E-state index contributed by atoms with van der Waals surface area (Å²) in [5, 5.41) is 7.92. The Morgan fingerprint density at radius 3 is 2.35 bits per heavy atom. The molecule has 156 valence electrons. The molecule has 0 bridgehead atoms. The summed E-state index contributed by atoms with van der Waals surface area (Å²) >= 11 is 9.42. The Morgan fingerprint density at radius 2 is 1.71 bits per heavy atom. The second kappa shape index (κ2) is 9.32. The number of amides is 1. The molecule has 1 amide bonds. The Labute approximate surface area is 193 Å². The lowest BCUT2D eigenvalue weighted by molar-refractivity contribution is 0.101. The van der Waals surface area contributed by atoms with Crippen molar-refractivity contribution in [2.45, 2.75) is 6.92 Å².